The lowest BCUT2D eigenvalue weighted by atomic mass is 10.2. The van der Waals surface area contributed by atoms with Gasteiger partial charge in [-0.3, -0.25) is 13.9 Å². The number of carbonyl (C=O) groups is 1. The number of aromatic nitrogens is 2. The van der Waals surface area contributed by atoms with Crippen molar-refractivity contribution in [3.8, 4) is 0 Å². The third-order valence-corrected chi connectivity index (χ3v) is 5.84. The van der Waals surface area contributed by atoms with Crippen LogP contribution in [0.1, 0.15) is 31.7 Å². The Labute approximate surface area is 173 Å². The number of fused-ring (bicyclic) bond motifs is 1. The van der Waals surface area contributed by atoms with Gasteiger partial charge in [0.05, 0.1) is 17.6 Å². The van der Waals surface area contributed by atoms with Gasteiger partial charge in [-0.15, -0.1) is 0 Å². The Kier molecular flexibility index (Phi) is 5.46. The van der Waals surface area contributed by atoms with Crippen molar-refractivity contribution in [3.05, 3.63) is 69.4 Å². The van der Waals surface area contributed by atoms with Gasteiger partial charge in [0, 0.05) is 36.1 Å². The number of rotatable bonds is 7. The number of aryl methyl sites for hydroxylation is 2. The number of hydrogen-bond donors (Lipinski definition) is 0. The van der Waals surface area contributed by atoms with E-state index in [-0.39, 0.29) is 30.6 Å². The maximum Gasteiger partial charge on any atom is 0.329 e. The van der Waals surface area contributed by atoms with E-state index in [9.17, 15) is 14.0 Å². The molecule has 29 heavy (non-hydrogen) atoms. The molecule has 0 bridgehead atoms. The summed E-state index contributed by atoms with van der Waals surface area (Å²) < 4.78 is 17.6. The number of hydrogen-bond acceptors (Lipinski definition) is 2. The minimum Gasteiger partial charge on any atom is -0.335 e. The standard InChI is InChI=1S/C22H23ClFN3O2/c1-2-25-19-8-3-4-9-20(19)26(22(25)29)13-12-21(28)27(15-10-11-15)14-16-17(23)6-5-7-18(16)24/h3-9,15H,2,10-14H2,1H3. The quantitative estimate of drug-likeness (QED) is 0.580. The fourth-order valence-electron chi connectivity index (χ4n) is 3.81. The molecule has 0 N–H and O–H groups in total. The van der Waals surface area contributed by atoms with Gasteiger partial charge in [0.2, 0.25) is 5.91 Å². The Morgan fingerprint density at radius 1 is 1.14 bits per heavy atom. The predicted molar refractivity (Wildman–Crippen MR) is 111 cm³/mol. The largest absolute Gasteiger partial charge is 0.335 e. The molecule has 1 heterocycles. The van der Waals surface area contributed by atoms with Crippen molar-refractivity contribution in [2.75, 3.05) is 0 Å². The second-order valence-electron chi connectivity index (χ2n) is 7.37. The highest BCUT2D eigenvalue weighted by Gasteiger charge is 2.33. The first-order chi connectivity index (χ1) is 14.0. The third kappa shape index (κ3) is 3.81. The normalized spacial score (nSPS) is 13.8. The summed E-state index contributed by atoms with van der Waals surface area (Å²) in [5.41, 5.74) is 1.91. The van der Waals surface area contributed by atoms with Gasteiger partial charge in [-0.25, -0.2) is 9.18 Å². The molecule has 1 aromatic heterocycles. The van der Waals surface area contributed by atoms with E-state index in [4.69, 9.17) is 11.6 Å². The summed E-state index contributed by atoms with van der Waals surface area (Å²) in [6.45, 7) is 2.94. The zero-order chi connectivity index (χ0) is 20.5. The summed E-state index contributed by atoms with van der Waals surface area (Å²) in [6.07, 6.45) is 2.00. The van der Waals surface area contributed by atoms with Crippen molar-refractivity contribution in [2.45, 2.75) is 51.9 Å². The van der Waals surface area contributed by atoms with Crippen molar-refractivity contribution in [2.24, 2.45) is 0 Å². The Morgan fingerprint density at radius 3 is 2.45 bits per heavy atom. The van der Waals surface area contributed by atoms with Gasteiger partial charge in [-0.05, 0) is 44.0 Å². The summed E-state index contributed by atoms with van der Waals surface area (Å²) in [4.78, 5) is 27.5. The fraction of sp³-hybridized carbons (Fsp3) is 0.364. The third-order valence-electron chi connectivity index (χ3n) is 5.49. The molecule has 0 radical (unpaired) electrons. The van der Waals surface area contributed by atoms with Crippen LogP contribution in [0.2, 0.25) is 5.02 Å². The van der Waals surface area contributed by atoms with E-state index in [2.05, 4.69) is 0 Å². The number of para-hydroxylation sites is 2. The Balaban J connectivity index is 1.55. The lowest BCUT2D eigenvalue weighted by Gasteiger charge is -2.23. The molecule has 3 aromatic rings. The minimum absolute atomic E-state index is 0.0907. The van der Waals surface area contributed by atoms with E-state index in [0.717, 1.165) is 23.9 Å². The van der Waals surface area contributed by atoms with Gasteiger partial charge in [-0.2, -0.15) is 0 Å². The van der Waals surface area contributed by atoms with Crippen LogP contribution in [-0.2, 0) is 24.4 Å². The molecule has 0 aliphatic heterocycles. The molecule has 1 amide bonds. The molecule has 5 nitrogen and oxygen atoms in total. The molecule has 4 rings (SSSR count). The Hall–Kier alpha value is -2.60. The molecule has 0 atom stereocenters. The molecule has 1 fully saturated rings. The number of halogens is 2. The van der Waals surface area contributed by atoms with Crippen LogP contribution in [0.5, 0.6) is 0 Å². The molecule has 152 valence electrons. The van der Waals surface area contributed by atoms with Crippen LogP contribution in [-0.4, -0.2) is 26.0 Å². The average Bonchev–Trinajstić information content (AvgIpc) is 3.50. The van der Waals surface area contributed by atoms with Crippen LogP contribution >= 0.6 is 11.6 Å². The summed E-state index contributed by atoms with van der Waals surface area (Å²) in [7, 11) is 0. The van der Waals surface area contributed by atoms with Gasteiger partial charge in [0.15, 0.2) is 0 Å². The fourth-order valence-corrected chi connectivity index (χ4v) is 4.03. The summed E-state index contributed by atoms with van der Waals surface area (Å²) in [6, 6.07) is 12.3. The highest BCUT2D eigenvalue weighted by molar-refractivity contribution is 6.31. The molecule has 7 heteroatoms. The number of nitrogens with zero attached hydrogens (tertiary/aromatic N) is 3. The SMILES string of the molecule is CCn1c(=O)n(CCC(=O)N(Cc2c(F)cccc2Cl)C2CC2)c2ccccc21. The Bertz CT molecular complexity index is 1100. The first-order valence-electron chi connectivity index (χ1n) is 9.91. The number of carbonyl (C=O) groups excluding carboxylic acids is 1. The van der Waals surface area contributed by atoms with E-state index in [1.165, 1.54) is 6.07 Å². The summed E-state index contributed by atoms with van der Waals surface area (Å²) in [5, 5.41) is 0.325. The Morgan fingerprint density at radius 2 is 1.83 bits per heavy atom. The first-order valence-corrected chi connectivity index (χ1v) is 10.3. The van der Waals surface area contributed by atoms with Gasteiger partial charge < -0.3 is 4.90 Å². The zero-order valence-electron chi connectivity index (χ0n) is 16.3. The zero-order valence-corrected chi connectivity index (χ0v) is 17.0. The number of imidazole rings is 1. The van der Waals surface area contributed by atoms with Crippen molar-refractivity contribution < 1.29 is 9.18 Å². The van der Waals surface area contributed by atoms with Gasteiger partial charge >= 0.3 is 5.69 Å². The molecule has 2 aromatic carbocycles. The summed E-state index contributed by atoms with van der Waals surface area (Å²) in [5.74, 6) is -0.495. The maximum absolute atomic E-state index is 14.2. The van der Waals surface area contributed by atoms with E-state index < -0.39 is 5.82 Å². The van der Waals surface area contributed by atoms with Crippen molar-refractivity contribution in [1.29, 1.82) is 0 Å². The molecular formula is C22H23ClFN3O2. The van der Waals surface area contributed by atoms with Crippen LogP contribution in [0.3, 0.4) is 0 Å². The van der Waals surface area contributed by atoms with Crippen LogP contribution in [0.15, 0.2) is 47.3 Å². The van der Waals surface area contributed by atoms with Gasteiger partial charge in [-0.1, -0.05) is 29.8 Å². The van der Waals surface area contributed by atoms with E-state index in [0.29, 0.717) is 23.7 Å². The lowest BCUT2D eigenvalue weighted by Crippen LogP contribution is -2.34. The minimum atomic E-state index is -0.404. The highest BCUT2D eigenvalue weighted by atomic mass is 35.5. The maximum atomic E-state index is 14.2. The smallest absolute Gasteiger partial charge is 0.329 e. The molecule has 0 spiro atoms. The monoisotopic (exact) mass is 415 g/mol. The van der Waals surface area contributed by atoms with Gasteiger partial charge in [0.25, 0.3) is 0 Å². The van der Waals surface area contributed by atoms with Crippen LogP contribution in [0.25, 0.3) is 11.0 Å². The molecule has 1 aliphatic rings. The predicted octanol–water partition coefficient (Wildman–Crippen LogP) is 4.20. The molecule has 0 saturated heterocycles. The molecule has 1 aliphatic carbocycles. The topological polar surface area (TPSA) is 47.2 Å². The number of benzene rings is 2. The van der Waals surface area contributed by atoms with E-state index in [1.807, 2.05) is 31.2 Å². The van der Waals surface area contributed by atoms with Crippen LogP contribution in [0, 0.1) is 5.82 Å². The van der Waals surface area contributed by atoms with Gasteiger partial charge in [0.1, 0.15) is 5.82 Å². The second-order valence-corrected chi connectivity index (χ2v) is 7.78. The van der Waals surface area contributed by atoms with Crippen molar-refractivity contribution in [3.63, 3.8) is 0 Å². The number of amides is 1. The summed E-state index contributed by atoms with van der Waals surface area (Å²) >= 11 is 6.16. The van der Waals surface area contributed by atoms with E-state index in [1.54, 1.807) is 26.2 Å². The van der Waals surface area contributed by atoms with Crippen LogP contribution < -0.4 is 5.69 Å². The van der Waals surface area contributed by atoms with Crippen molar-refractivity contribution >= 4 is 28.5 Å². The lowest BCUT2D eigenvalue weighted by molar-refractivity contribution is -0.132. The highest BCUT2D eigenvalue weighted by Crippen LogP contribution is 2.31. The molecule has 0 unspecified atom stereocenters. The van der Waals surface area contributed by atoms with Crippen LogP contribution in [0.4, 0.5) is 4.39 Å². The van der Waals surface area contributed by atoms with E-state index >= 15 is 0 Å². The average molecular weight is 416 g/mol. The first kappa shape index (κ1) is 19.7. The molecular weight excluding hydrogens is 393 g/mol. The second kappa shape index (κ2) is 8.03. The van der Waals surface area contributed by atoms with Crippen molar-refractivity contribution in [1.82, 2.24) is 14.0 Å². The molecule has 1 saturated carbocycles.